The number of rotatable bonds is 1. The van der Waals surface area contributed by atoms with E-state index in [-0.39, 0.29) is 28.6 Å². The van der Waals surface area contributed by atoms with Crippen molar-refractivity contribution in [2.45, 2.75) is 51.9 Å². The molecule has 4 rings (SSSR count). The minimum atomic E-state index is -2.03. The van der Waals surface area contributed by atoms with Crippen molar-refractivity contribution in [1.29, 1.82) is 0 Å². The van der Waals surface area contributed by atoms with Gasteiger partial charge in [0.25, 0.3) is 0 Å². The van der Waals surface area contributed by atoms with E-state index in [9.17, 15) is 25.2 Å². The summed E-state index contributed by atoms with van der Waals surface area (Å²) >= 11 is 0. The van der Waals surface area contributed by atoms with Gasteiger partial charge < -0.3 is 20.4 Å². The van der Waals surface area contributed by atoms with E-state index in [4.69, 9.17) is 0 Å². The first-order chi connectivity index (χ1) is 11.5. The molecular formula is C20H28O5. The molecule has 5 heteroatoms. The number of Topliss-reactive ketones (excluding diaryl/α,β-unsaturated/α-hetero) is 1. The minimum absolute atomic E-state index is 0.0245. The van der Waals surface area contributed by atoms with Gasteiger partial charge in [-0.1, -0.05) is 32.9 Å². The Morgan fingerprint density at radius 3 is 2.48 bits per heavy atom. The van der Waals surface area contributed by atoms with Crippen LogP contribution in [0, 0.1) is 34.5 Å². The quantitative estimate of drug-likeness (QED) is 0.526. The van der Waals surface area contributed by atoms with E-state index in [1.54, 1.807) is 19.1 Å². The number of aliphatic hydroxyl groups is 4. The van der Waals surface area contributed by atoms with Crippen molar-refractivity contribution in [3.8, 4) is 0 Å². The van der Waals surface area contributed by atoms with E-state index in [1.165, 1.54) is 0 Å². The van der Waals surface area contributed by atoms with Gasteiger partial charge in [0.05, 0.1) is 12.0 Å². The van der Waals surface area contributed by atoms with Crippen LogP contribution in [0.1, 0.15) is 34.1 Å². The van der Waals surface area contributed by atoms with Crippen molar-refractivity contribution in [2.24, 2.45) is 34.5 Å². The lowest BCUT2D eigenvalue weighted by Gasteiger charge is -2.48. The van der Waals surface area contributed by atoms with Crippen LogP contribution in [0.2, 0.25) is 0 Å². The van der Waals surface area contributed by atoms with Crippen LogP contribution in [0.5, 0.6) is 0 Å². The molecule has 0 aromatic heterocycles. The molecule has 0 heterocycles. The van der Waals surface area contributed by atoms with Gasteiger partial charge in [0.1, 0.15) is 17.8 Å². The Morgan fingerprint density at radius 1 is 1.24 bits per heavy atom. The normalized spacial score (nSPS) is 53.2. The van der Waals surface area contributed by atoms with Gasteiger partial charge in [0.2, 0.25) is 0 Å². The predicted octanol–water partition coefficient (Wildman–Crippen LogP) is 0.815. The van der Waals surface area contributed by atoms with Crippen LogP contribution < -0.4 is 0 Å². The highest BCUT2D eigenvalue weighted by molar-refractivity contribution is 5.95. The van der Waals surface area contributed by atoms with Crippen LogP contribution in [-0.4, -0.2) is 50.6 Å². The summed E-state index contributed by atoms with van der Waals surface area (Å²) in [6, 6.07) is 0. The summed E-state index contributed by atoms with van der Waals surface area (Å²) in [5.41, 5.74) is -2.58. The molecular weight excluding hydrogens is 320 g/mol. The third-order valence-corrected chi connectivity index (χ3v) is 7.93. The van der Waals surface area contributed by atoms with E-state index in [0.29, 0.717) is 11.5 Å². The number of carbonyl (C=O) groups is 1. The maximum Gasteiger partial charge on any atom is 0.153 e. The molecule has 4 aliphatic rings. The Hall–Kier alpha value is -1.01. The molecule has 2 bridgehead atoms. The molecule has 1 unspecified atom stereocenters. The highest BCUT2D eigenvalue weighted by Crippen LogP contribution is 2.71. The number of fused-ring (bicyclic) bond motifs is 3. The molecule has 2 saturated carbocycles. The van der Waals surface area contributed by atoms with Crippen molar-refractivity contribution in [3.05, 3.63) is 23.3 Å². The van der Waals surface area contributed by atoms with Gasteiger partial charge in [-0.25, -0.2) is 0 Å². The smallest absolute Gasteiger partial charge is 0.153 e. The molecule has 4 N–H and O–H groups in total. The largest absolute Gasteiger partial charge is 0.392 e. The van der Waals surface area contributed by atoms with Crippen molar-refractivity contribution >= 4 is 5.78 Å². The van der Waals surface area contributed by atoms with E-state index in [0.717, 1.165) is 6.42 Å². The maximum atomic E-state index is 13.7. The molecule has 0 radical (unpaired) electrons. The molecule has 4 aliphatic carbocycles. The summed E-state index contributed by atoms with van der Waals surface area (Å²) in [4.78, 5) is 13.7. The minimum Gasteiger partial charge on any atom is -0.392 e. The second-order valence-corrected chi connectivity index (χ2v) is 9.27. The van der Waals surface area contributed by atoms with E-state index < -0.39 is 35.7 Å². The molecule has 2 fully saturated rings. The molecule has 25 heavy (non-hydrogen) atoms. The van der Waals surface area contributed by atoms with Gasteiger partial charge in [-0.2, -0.15) is 0 Å². The Bertz CT molecular complexity index is 707. The molecule has 0 aromatic rings. The highest BCUT2D eigenvalue weighted by atomic mass is 16.4. The van der Waals surface area contributed by atoms with Gasteiger partial charge in [0, 0.05) is 5.92 Å². The second-order valence-electron chi connectivity index (χ2n) is 9.27. The van der Waals surface area contributed by atoms with Gasteiger partial charge in [-0.05, 0) is 47.7 Å². The second kappa shape index (κ2) is 4.83. The highest BCUT2D eigenvalue weighted by Gasteiger charge is 2.75. The fourth-order valence-electron chi connectivity index (χ4n) is 6.43. The molecule has 0 aromatic carbocycles. The third-order valence-electron chi connectivity index (χ3n) is 7.93. The van der Waals surface area contributed by atoms with E-state index in [1.807, 2.05) is 6.92 Å². The first-order valence-corrected chi connectivity index (χ1v) is 9.18. The Labute approximate surface area is 148 Å². The predicted molar refractivity (Wildman–Crippen MR) is 91.4 cm³/mol. The van der Waals surface area contributed by atoms with Gasteiger partial charge in [-0.15, -0.1) is 0 Å². The van der Waals surface area contributed by atoms with Crippen LogP contribution >= 0.6 is 0 Å². The average Bonchev–Trinajstić information content (AvgIpc) is 3.05. The summed E-state index contributed by atoms with van der Waals surface area (Å²) in [6.07, 6.45) is 1.34. The van der Waals surface area contributed by atoms with Crippen LogP contribution in [-0.2, 0) is 4.79 Å². The summed E-state index contributed by atoms with van der Waals surface area (Å²) in [6.45, 7) is 7.50. The summed E-state index contributed by atoms with van der Waals surface area (Å²) < 4.78 is 0. The lowest BCUT2D eigenvalue weighted by Crippen LogP contribution is -2.65. The lowest BCUT2D eigenvalue weighted by molar-refractivity contribution is -0.190. The zero-order chi connectivity index (χ0) is 18.5. The fraction of sp³-hybridized carbons (Fsp3) is 0.750. The van der Waals surface area contributed by atoms with Crippen LogP contribution in [0.3, 0.4) is 0 Å². The van der Waals surface area contributed by atoms with Crippen LogP contribution in [0.4, 0.5) is 0 Å². The van der Waals surface area contributed by atoms with Gasteiger partial charge >= 0.3 is 0 Å². The standard InChI is InChI=1S/C20H28O5/c1-9-7-19-10(2)5-13-14(18(13,3)4)12(17(19)24)6-11(8-21)16(23)20(19,25)15(9)22/h6-7,10,12-16,21-23,25H,5,8H2,1-4H3/t10-,12+,13-,14?,15+,16-,19+,20-/m1/s1. The molecule has 0 aliphatic heterocycles. The number of allylic oxidation sites excluding steroid dienone is 1. The van der Waals surface area contributed by atoms with Gasteiger partial charge in [-0.3, -0.25) is 4.79 Å². The summed E-state index contributed by atoms with van der Waals surface area (Å²) in [5.74, 6) is -0.288. The zero-order valence-corrected chi connectivity index (χ0v) is 15.2. The topological polar surface area (TPSA) is 98.0 Å². The Balaban J connectivity index is 1.99. The van der Waals surface area contributed by atoms with Crippen molar-refractivity contribution in [2.75, 3.05) is 6.61 Å². The van der Waals surface area contributed by atoms with Crippen LogP contribution in [0.25, 0.3) is 0 Å². The zero-order valence-electron chi connectivity index (χ0n) is 15.2. The van der Waals surface area contributed by atoms with Crippen LogP contribution in [0.15, 0.2) is 23.3 Å². The maximum absolute atomic E-state index is 13.7. The SMILES string of the molecule is CC1=C[C@]23C(=O)[C@@H](C=C(CO)[C@@H](O)[C@]2(O)[C@H]1O)C1[C@@H](C[C@H]3C)C1(C)C. The number of carbonyl (C=O) groups excluding carboxylic acids is 1. The van der Waals surface area contributed by atoms with Crippen molar-refractivity contribution in [3.63, 3.8) is 0 Å². The molecule has 8 atom stereocenters. The third kappa shape index (κ3) is 1.71. The average molecular weight is 348 g/mol. The first-order valence-electron chi connectivity index (χ1n) is 9.18. The number of ketones is 1. The molecule has 1 spiro atoms. The number of hydrogen-bond donors (Lipinski definition) is 4. The number of hydrogen-bond acceptors (Lipinski definition) is 5. The fourth-order valence-corrected chi connectivity index (χ4v) is 6.43. The lowest BCUT2D eigenvalue weighted by atomic mass is 9.59. The molecule has 138 valence electrons. The molecule has 0 saturated heterocycles. The van der Waals surface area contributed by atoms with Crippen molar-refractivity contribution < 1.29 is 25.2 Å². The van der Waals surface area contributed by atoms with Crippen molar-refractivity contribution in [1.82, 2.24) is 0 Å². The van der Waals surface area contributed by atoms with E-state index in [2.05, 4.69) is 13.8 Å². The summed E-state index contributed by atoms with van der Waals surface area (Å²) in [7, 11) is 0. The molecule has 0 amide bonds. The van der Waals surface area contributed by atoms with Gasteiger partial charge in [0.15, 0.2) is 5.78 Å². The van der Waals surface area contributed by atoms with E-state index >= 15 is 0 Å². The first kappa shape index (κ1) is 17.4. The Morgan fingerprint density at radius 2 is 1.88 bits per heavy atom. The molecule has 5 nitrogen and oxygen atoms in total. The monoisotopic (exact) mass is 348 g/mol. The number of aliphatic hydroxyl groups excluding tert-OH is 3. The Kier molecular flexibility index (Phi) is 3.36. The summed E-state index contributed by atoms with van der Waals surface area (Å²) in [5, 5.41) is 43.0.